The second-order valence-electron chi connectivity index (χ2n) is 6.65. The number of sulfonamides is 1. The molecule has 0 radical (unpaired) electrons. The van der Waals surface area contributed by atoms with Crippen LogP contribution in [0.15, 0.2) is 87.1 Å². The molecular formula is C23H23BrN2O4S2. The fourth-order valence-corrected chi connectivity index (χ4v) is 5.25. The molecule has 3 aromatic carbocycles. The summed E-state index contributed by atoms with van der Waals surface area (Å²) in [7, 11) is -4.04. The number of rotatable bonds is 9. The van der Waals surface area contributed by atoms with Gasteiger partial charge in [-0.05, 0) is 67.8 Å². The van der Waals surface area contributed by atoms with Crippen LogP contribution >= 0.6 is 27.7 Å². The first kappa shape index (κ1) is 24.2. The van der Waals surface area contributed by atoms with E-state index in [0.29, 0.717) is 23.7 Å². The van der Waals surface area contributed by atoms with Crippen molar-refractivity contribution in [1.29, 1.82) is 0 Å². The van der Waals surface area contributed by atoms with Gasteiger partial charge >= 0.3 is 0 Å². The number of carbonyl (C=O) groups is 1. The smallest absolute Gasteiger partial charge is 0.264 e. The summed E-state index contributed by atoms with van der Waals surface area (Å²) in [5.74, 6) is -0.0896. The third kappa shape index (κ3) is 5.85. The van der Waals surface area contributed by atoms with E-state index in [9.17, 15) is 13.2 Å². The van der Waals surface area contributed by atoms with Gasteiger partial charge in [0.25, 0.3) is 10.0 Å². The first-order valence-corrected chi connectivity index (χ1v) is 13.2. The maximum absolute atomic E-state index is 13.6. The van der Waals surface area contributed by atoms with E-state index in [2.05, 4.69) is 21.2 Å². The van der Waals surface area contributed by atoms with E-state index < -0.39 is 22.5 Å². The summed E-state index contributed by atoms with van der Waals surface area (Å²) < 4.78 is 34.8. The van der Waals surface area contributed by atoms with Crippen molar-refractivity contribution in [3.63, 3.8) is 0 Å². The van der Waals surface area contributed by atoms with Crippen LogP contribution in [0.5, 0.6) is 5.75 Å². The Labute approximate surface area is 201 Å². The molecule has 0 aliphatic carbocycles. The molecule has 6 nitrogen and oxygen atoms in total. The van der Waals surface area contributed by atoms with Crippen LogP contribution in [0.4, 0.5) is 11.4 Å². The van der Waals surface area contributed by atoms with Gasteiger partial charge in [-0.3, -0.25) is 9.10 Å². The molecule has 0 heterocycles. The number of benzene rings is 3. The van der Waals surface area contributed by atoms with Crippen molar-refractivity contribution in [2.45, 2.75) is 16.7 Å². The number of thioether (sulfide) groups is 1. The molecule has 9 heteroatoms. The lowest BCUT2D eigenvalue weighted by Crippen LogP contribution is -2.38. The second-order valence-corrected chi connectivity index (χ2v) is 10.3. The van der Waals surface area contributed by atoms with E-state index in [1.54, 1.807) is 66.7 Å². The highest BCUT2D eigenvalue weighted by atomic mass is 79.9. The van der Waals surface area contributed by atoms with Crippen LogP contribution in [-0.4, -0.2) is 33.7 Å². The molecule has 1 N–H and O–H groups in total. The zero-order chi connectivity index (χ0) is 23.1. The summed E-state index contributed by atoms with van der Waals surface area (Å²) in [6, 6.07) is 20.5. The molecule has 3 aromatic rings. The van der Waals surface area contributed by atoms with Gasteiger partial charge in [0, 0.05) is 15.1 Å². The SMILES string of the molecule is CCOc1ccccc1N(CC(=O)Nc1cccc(Br)c1)S(=O)(=O)c1ccc(SC)cc1. The quantitative estimate of drug-likeness (QED) is 0.371. The Kier molecular flexibility index (Phi) is 8.22. The largest absolute Gasteiger partial charge is 0.492 e. The minimum atomic E-state index is -4.04. The van der Waals surface area contributed by atoms with Crippen molar-refractivity contribution in [2.24, 2.45) is 0 Å². The molecule has 0 bridgehead atoms. The zero-order valence-corrected chi connectivity index (χ0v) is 20.8. The number of nitrogens with one attached hydrogen (secondary N) is 1. The molecule has 1 amide bonds. The van der Waals surface area contributed by atoms with Crippen molar-refractivity contribution >= 4 is 55.0 Å². The summed E-state index contributed by atoms with van der Waals surface area (Å²) in [5.41, 5.74) is 0.858. The molecule has 0 aromatic heterocycles. The van der Waals surface area contributed by atoms with E-state index in [-0.39, 0.29) is 4.90 Å². The summed E-state index contributed by atoms with van der Waals surface area (Å²) in [4.78, 5) is 13.9. The van der Waals surface area contributed by atoms with Crippen molar-refractivity contribution < 1.29 is 17.9 Å². The Hall–Kier alpha value is -2.49. The Morgan fingerprint density at radius 2 is 1.78 bits per heavy atom. The van der Waals surface area contributed by atoms with Gasteiger partial charge in [-0.1, -0.05) is 34.1 Å². The van der Waals surface area contributed by atoms with Crippen LogP contribution in [0.3, 0.4) is 0 Å². The van der Waals surface area contributed by atoms with E-state index in [1.807, 2.05) is 19.2 Å². The first-order chi connectivity index (χ1) is 15.3. The van der Waals surface area contributed by atoms with E-state index in [0.717, 1.165) is 13.7 Å². The second kappa shape index (κ2) is 10.9. The molecule has 0 unspecified atom stereocenters. The van der Waals surface area contributed by atoms with Crippen LogP contribution in [0.1, 0.15) is 6.92 Å². The molecule has 0 fully saturated rings. The Morgan fingerprint density at radius 3 is 2.44 bits per heavy atom. The number of anilines is 2. The number of carbonyl (C=O) groups excluding carboxylic acids is 1. The van der Waals surface area contributed by atoms with E-state index in [1.165, 1.54) is 11.8 Å². The van der Waals surface area contributed by atoms with E-state index in [4.69, 9.17) is 4.74 Å². The molecule has 0 spiro atoms. The Morgan fingerprint density at radius 1 is 1.06 bits per heavy atom. The van der Waals surface area contributed by atoms with Gasteiger partial charge in [-0.2, -0.15) is 0 Å². The van der Waals surface area contributed by atoms with Gasteiger partial charge in [0.05, 0.1) is 17.2 Å². The van der Waals surface area contributed by atoms with Crippen molar-refractivity contribution in [3.8, 4) is 5.75 Å². The highest BCUT2D eigenvalue weighted by Gasteiger charge is 2.29. The van der Waals surface area contributed by atoms with Gasteiger partial charge in [0.2, 0.25) is 5.91 Å². The maximum atomic E-state index is 13.6. The number of nitrogens with zero attached hydrogens (tertiary/aromatic N) is 1. The lowest BCUT2D eigenvalue weighted by atomic mass is 10.3. The lowest BCUT2D eigenvalue weighted by molar-refractivity contribution is -0.114. The third-order valence-electron chi connectivity index (χ3n) is 4.48. The van der Waals surface area contributed by atoms with E-state index >= 15 is 0 Å². The number of hydrogen-bond acceptors (Lipinski definition) is 5. The fraction of sp³-hybridized carbons (Fsp3) is 0.174. The summed E-state index contributed by atoms with van der Waals surface area (Å²) in [5, 5.41) is 2.76. The average molecular weight is 535 g/mol. The molecule has 0 saturated heterocycles. The molecule has 0 aliphatic heterocycles. The average Bonchev–Trinajstić information content (AvgIpc) is 2.78. The third-order valence-corrected chi connectivity index (χ3v) is 7.49. The highest BCUT2D eigenvalue weighted by molar-refractivity contribution is 9.10. The number of amides is 1. The lowest BCUT2D eigenvalue weighted by Gasteiger charge is -2.26. The molecule has 0 atom stereocenters. The van der Waals surface area contributed by atoms with Gasteiger partial charge in [0.1, 0.15) is 12.3 Å². The summed E-state index contributed by atoms with van der Waals surface area (Å²) >= 11 is 4.88. The topological polar surface area (TPSA) is 75.7 Å². The van der Waals surface area contributed by atoms with Gasteiger partial charge < -0.3 is 10.1 Å². The predicted octanol–water partition coefficient (Wildman–Crippen LogP) is 5.40. The molecule has 0 aliphatic rings. The fourth-order valence-electron chi connectivity index (χ4n) is 3.01. The Bertz CT molecular complexity index is 1180. The number of halogens is 1. The minimum absolute atomic E-state index is 0.0943. The van der Waals surface area contributed by atoms with Crippen LogP contribution in [0.25, 0.3) is 0 Å². The normalized spacial score (nSPS) is 11.1. The highest BCUT2D eigenvalue weighted by Crippen LogP contribution is 2.33. The van der Waals surface area contributed by atoms with Gasteiger partial charge in [-0.15, -0.1) is 11.8 Å². The molecule has 0 saturated carbocycles. The van der Waals surface area contributed by atoms with Crippen LogP contribution in [-0.2, 0) is 14.8 Å². The number of ether oxygens (including phenoxy) is 1. The first-order valence-electron chi connectivity index (χ1n) is 9.79. The standard InChI is InChI=1S/C23H23BrN2O4S2/c1-3-30-22-10-5-4-9-21(22)26(16-23(27)25-18-8-6-7-17(24)15-18)32(28,29)20-13-11-19(31-2)12-14-20/h4-15H,3,16H2,1-2H3,(H,25,27). The minimum Gasteiger partial charge on any atom is -0.492 e. The molecular weight excluding hydrogens is 512 g/mol. The van der Waals surface area contributed by atoms with Crippen molar-refractivity contribution in [1.82, 2.24) is 0 Å². The van der Waals surface area contributed by atoms with Crippen molar-refractivity contribution in [3.05, 3.63) is 77.3 Å². The monoisotopic (exact) mass is 534 g/mol. The molecule has 3 rings (SSSR count). The van der Waals surface area contributed by atoms with Crippen LogP contribution in [0, 0.1) is 0 Å². The number of para-hydroxylation sites is 2. The van der Waals surface area contributed by atoms with Crippen LogP contribution < -0.4 is 14.4 Å². The van der Waals surface area contributed by atoms with Gasteiger partial charge in [0.15, 0.2) is 0 Å². The maximum Gasteiger partial charge on any atom is 0.264 e. The molecule has 32 heavy (non-hydrogen) atoms. The van der Waals surface area contributed by atoms with Crippen LogP contribution in [0.2, 0.25) is 0 Å². The van der Waals surface area contributed by atoms with Crippen molar-refractivity contribution in [2.75, 3.05) is 29.0 Å². The van der Waals surface area contributed by atoms with Gasteiger partial charge in [-0.25, -0.2) is 8.42 Å². The summed E-state index contributed by atoms with van der Waals surface area (Å²) in [6.07, 6.45) is 1.92. The molecule has 168 valence electrons. The Balaban J connectivity index is 2.00. The predicted molar refractivity (Wildman–Crippen MR) is 133 cm³/mol. The number of hydrogen-bond donors (Lipinski definition) is 1. The summed E-state index contributed by atoms with van der Waals surface area (Å²) in [6.45, 7) is 1.76. The zero-order valence-electron chi connectivity index (χ0n) is 17.6.